The lowest BCUT2D eigenvalue weighted by Gasteiger charge is -2.39. The fraction of sp³-hybridized carbons (Fsp3) is 0.478. The van der Waals surface area contributed by atoms with Gasteiger partial charge >= 0.3 is 6.55 Å². The van der Waals surface area contributed by atoms with Crippen LogP contribution in [-0.2, 0) is 11.3 Å². The van der Waals surface area contributed by atoms with Crippen molar-refractivity contribution in [1.29, 1.82) is 0 Å². The smallest absolute Gasteiger partial charge is 0.333 e. The largest absolute Gasteiger partial charge is 0.390 e. The number of rotatable bonds is 4. The molecule has 1 atom stereocenters. The molecule has 0 aliphatic carbocycles. The topological polar surface area (TPSA) is 94.1 Å². The van der Waals surface area contributed by atoms with Gasteiger partial charge in [0, 0.05) is 18.5 Å². The van der Waals surface area contributed by atoms with Gasteiger partial charge in [-0.3, -0.25) is 0 Å². The molecular weight excluding hydrogens is 444 g/mol. The normalized spacial score (nSPS) is 20.4. The molecular formula is C23H25F2N7O2. The molecule has 4 aromatic rings. The molecule has 2 saturated heterocycles. The van der Waals surface area contributed by atoms with Crippen LogP contribution in [0.4, 0.5) is 14.6 Å². The average Bonchev–Trinajstić information content (AvgIpc) is 3.55. The second kappa shape index (κ2) is 7.95. The molecule has 2 aliphatic heterocycles. The van der Waals surface area contributed by atoms with Gasteiger partial charge in [-0.2, -0.15) is 19.0 Å². The molecule has 0 unspecified atom stereocenters. The number of aliphatic hydroxyl groups is 1. The quantitative estimate of drug-likeness (QED) is 0.489. The summed E-state index contributed by atoms with van der Waals surface area (Å²) >= 11 is 0. The van der Waals surface area contributed by atoms with Gasteiger partial charge in [0.25, 0.3) is 0 Å². The Bertz CT molecular complexity index is 1360. The Kier molecular flexibility index (Phi) is 4.99. The zero-order chi connectivity index (χ0) is 23.4. The molecule has 6 rings (SSSR count). The number of ether oxygens (including phenoxy) is 1. The fourth-order valence-electron chi connectivity index (χ4n) is 5.32. The molecule has 1 aromatic carbocycles. The molecule has 1 spiro atoms. The first kappa shape index (κ1) is 21.4. The standard InChI is InChI=1S/C23H25F2N7O2/c1-14-9-23(13-34-14)4-6-30(7-5-23)20-18(12-33)29-21-17(28-20)11-27-31(21)16-3-2-15-10-26-32(22(24)25)19(15)8-16/h2-3,8,10-11,14,22,33H,4-7,9,12-13H2,1H3/t14-/m0/s1. The number of aromatic nitrogens is 6. The summed E-state index contributed by atoms with van der Waals surface area (Å²) in [5.41, 5.74) is 2.61. The SMILES string of the molecule is C[C@H]1CC2(CCN(c3nc4cnn(-c5ccc6cnn(C(F)F)c6c5)c4nc3CO)CC2)CO1. The summed E-state index contributed by atoms with van der Waals surface area (Å²) in [6.07, 6.45) is 6.43. The summed E-state index contributed by atoms with van der Waals surface area (Å²) in [7, 11) is 0. The lowest BCUT2D eigenvalue weighted by molar-refractivity contribution is 0.0615. The highest BCUT2D eigenvalue weighted by Crippen LogP contribution is 2.42. The summed E-state index contributed by atoms with van der Waals surface area (Å²) in [5.74, 6) is 0.669. The molecule has 0 saturated carbocycles. The van der Waals surface area contributed by atoms with E-state index >= 15 is 0 Å². The lowest BCUT2D eigenvalue weighted by Crippen LogP contribution is -2.41. The number of benzene rings is 1. The van der Waals surface area contributed by atoms with E-state index in [0.717, 1.165) is 39.0 Å². The highest BCUT2D eigenvalue weighted by molar-refractivity contribution is 5.82. The van der Waals surface area contributed by atoms with Crippen LogP contribution in [0.15, 0.2) is 30.6 Å². The van der Waals surface area contributed by atoms with Crippen molar-refractivity contribution in [2.75, 3.05) is 24.6 Å². The summed E-state index contributed by atoms with van der Waals surface area (Å²) < 4.78 is 34.7. The first-order valence-corrected chi connectivity index (χ1v) is 11.4. The van der Waals surface area contributed by atoms with Crippen LogP contribution in [0.2, 0.25) is 0 Å². The molecule has 2 fully saturated rings. The van der Waals surface area contributed by atoms with Crippen LogP contribution in [0, 0.1) is 5.41 Å². The molecule has 34 heavy (non-hydrogen) atoms. The van der Waals surface area contributed by atoms with Gasteiger partial charge < -0.3 is 14.7 Å². The van der Waals surface area contributed by atoms with Crippen molar-refractivity contribution < 1.29 is 18.6 Å². The van der Waals surface area contributed by atoms with Gasteiger partial charge in [-0.15, -0.1) is 0 Å². The molecule has 0 amide bonds. The maximum Gasteiger partial charge on any atom is 0.333 e. The minimum Gasteiger partial charge on any atom is -0.390 e. The maximum absolute atomic E-state index is 13.3. The summed E-state index contributed by atoms with van der Waals surface area (Å²) in [4.78, 5) is 11.7. The van der Waals surface area contributed by atoms with E-state index in [1.165, 1.54) is 6.20 Å². The van der Waals surface area contributed by atoms with Gasteiger partial charge in [0.1, 0.15) is 11.2 Å². The first-order valence-electron chi connectivity index (χ1n) is 11.4. The van der Waals surface area contributed by atoms with Gasteiger partial charge in [-0.1, -0.05) is 0 Å². The van der Waals surface area contributed by atoms with Crippen LogP contribution in [-0.4, -0.2) is 60.4 Å². The molecule has 1 N–H and O–H groups in total. The van der Waals surface area contributed by atoms with E-state index in [1.807, 2.05) is 0 Å². The van der Waals surface area contributed by atoms with Crippen molar-refractivity contribution >= 4 is 27.9 Å². The number of halogens is 2. The number of alkyl halides is 2. The average molecular weight is 469 g/mol. The third-order valence-electron chi connectivity index (χ3n) is 7.13. The summed E-state index contributed by atoms with van der Waals surface area (Å²) in [6.45, 7) is 1.58. The van der Waals surface area contributed by atoms with Gasteiger partial charge in [0.15, 0.2) is 11.5 Å². The van der Waals surface area contributed by atoms with Gasteiger partial charge in [-0.25, -0.2) is 19.3 Å². The summed E-state index contributed by atoms with van der Waals surface area (Å²) in [6, 6.07) is 5.09. The van der Waals surface area contributed by atoms with E-state index < -0.39 is 6.55 Å². The number of hydrogen-bond acceptors (Lipinski definition) is 7. The highest BCUT2D eigenvalue weighted by atomic mass is 19.3. The van der Waals surface area contributed by atoms with Crippen LogP contribution in [0.25, 0.3) is 27.8 Å². The van der Waals surface area contributed by atoms with Gasteiger partial charge in [0.05, 0.1) is 42.9 Å². The Labute approximate surface area is 194 Å². The lowest BCUT2D eigenvalue weighted by atomic mass is 9.77. The first-order chi connectivity index (χ1) is 16.5. The third-order valence-corrected chi connectivity index (χ3v) is 7.13. The van der Waals surface area contributed by atoms with E-state index in [0.29, 0.717) is 50.1 Å². The fourth-order valence-corrected chi connectivity index (χ4v) is 5.32. The van der Waals surface area contributed by atoms with Crippen molar-refractivity contribution in [2.45, 2.75) is 45.4 Å². The summed E-state index contributed by atoms with van der Waals surface area (Å²) in [5, 5.41) is 18.9. The Morgan fingerprint density at radius 1 is 1.18 bits per heavy atom. The number of aliphatic hydroxyl groups excluding tert-OH is 1. The number of piperidine rings is 1. The second-order valence-corrected chi connectivity index (χ2v) is 9.34. The van der Waals surface area contributed by atoms with Crippen molar-refractivity contribution in [1.82, 2.24) is 29.5 Å². The molecule has 9 nitrogen and oxygen atoms in total. The minimum atomic E-state index is -2.74. The Morgan fingerprint density at radius 3 is 2.71 bits per heavy atom. The minimum absolute atomic E-state index is 0.237. The van der Waals surface area contributed by atoms with E-state index in [2.05, 4.69) is 27.0 Å². The van der Waals surface area contributed by atoms with Crippen molar-refractivity contribution in [3.63, 3.8) is 0 Å². The molecule has 5 heterocycles. The predicted molar refractivity (Wildman–Crippen MR) is 121 cm³/mol. The molecule has 0 bridgehead atoms. The molecule has 11 heteroatoms. The Morgan fingerprint density at radius 2 is 2.00 bits per heavy atom. The molecule has 178 valence electrons. The van der Waals surface area contributed by atoms with Gasteiger partial charge in [-0.05, 0) is 49.8 Å². The zero-order valence-electron chi connectivity index (χ0n) is 18.7. The molecule has 0 radical (unpaired) electrons. The van der Waals surface area contributed by atoms with Crippen molar-refractivity contribution in [3.05, 3.63) is 36.3 Å². The Hall–Kier alpha value is -3.18. The zero-order valence-corrected chi connectivity index (χ0v) is 18.7. The third kappa shape index (κ3) is 3.41. The molecule has 2 aliphatic rings. The van der Waals surface area contributed by atoms with Crippen molar-refractivity contribution in [2.24, 2.45) is 5.41 Å². The number of fused-ring (bicyclic) bond motifs is 2. The van der Waals surface area contributed by atoms with E-state index in [1.54, 1.807) is 29.1 Å². The van der Waals surface area contributed by atoms with Crippen LogP contribution in [0.5, 0.6) is 0 Å². The number of anilines is 1. The van der Waals surface area contributed by atoms with E-state index in [9.17, 15) is 13.9 Å². The van der Waals surface area contributed by atoms with Crippen LogP contribution in [0.3, 0.4) is 0 Å². The van der Waals surface area contributed by atoms with E-state index in [4.69, 9.17) is 9.72 Å². The Balaban J connectivity index is 1.34. The second-order valence-electron chi connectivity index (χ2n) is 9.34. The van der Waals surface area contributed by atoms with Gasteiger partial charge in [0.2, 0.25) is 0 Å². The number of nitrogens with zero attached hydrogens (tertiary/aromatic N) is 7. The van der Waals surface area contributed by atoms with Crippen LogP contribution in [0.1, 0.15) is 38.4 Å². The van der Waals surface area contributed by atoms with Crippen LogP contribution >= 0.6 is 0 Å². The van der Waals surface area contributed by atoms with Crippen molar-refractivity contribution in [3.8, 4) is 5.69 Å². The monoisotopic (exact) mass is 469 g/mol. The van der Waals surface area contributed by atoms with Crippen LogP contribution < -0.4 is 4.90 Å². The predicted octanol–water partition coefficient (Wildman–Crippen LogP) is 3.45. The maximum atomic E-state index is 13.3. The van der Waals surface area contributed by atoms with E-state index in [-0.39, 0.29) is 12.0 Å². The highest BCUT2D eigenvalue weighted by Gasteiger charge is 2.41. The number of hydrogen-bond donors (Lipinski definition) is 1. The molecule has 3 aromatic heterocycles.